The van der Waals surface area contributed by atoms with Crippen LogP contribution in [0.4, 0.5) is 11.5 Å². The molecule has 2 heterocycles. The Balaban J connectivity index is 1.46. The fourth-order valence-electron chi connectivity index (χ4n) is 3.17. The molecule has 4 rings (SSSR count). The van der Waals surface area contributed by atoms with Gasteiger partial charge in [-0.1, -0.05) is 12.1 Å². The summed E-state index contributed by atoms with van der Waals surface area (Å²) < 4.78 is 1.80. The van der Waals surface area contributed by atoms with Crippen LogP contribution in [0.25, 0.3) is 11.2 Å². The van der Waals surface area contributed by atoms with E-state index in [1.165, 1.54) is 0 Å². The molecule has 0 fully saturated rings. The molecule has 31 heavy (non-hydrogen) atoms. The lowest BCUT2D eigenvalue weighted by atomic mass is 10.1. The van der Waals surface area contributed by atoms with Crippen molar-refractivity contribution in [1.29, 1.82) is 5.26 Å². The normalized spacial score (nSPS) is 11.6. The van der Waals surface area contributed by atoms with Crippen molar-refractivity contribution < 1.29 is 4.79 Å². The molecule has 2 N–H and O–H groups in total. The standard InChI is InChI=1S/C23H21N7O/c1-3-30-14-20-22(29-30)28-21(13-25-20)26-15(2)18-5-4-6-19(11-18)27-23(31)17-9-7-16(12-24)8-10-17/h4-11,13-15H,3H2,1-2H3,(H,27,31)(H,26,28,29)/t15-/m0/s1. The molecule has 0 saturated carbocycles. The molecule has 0 saturated heterocycles. The van der Waals surface area contributed by atoms with Gasteiger partial charge in [-0.2, -0.15) is 10.4 Å². The van der Waals surface area contributed by atoms with Gasteiger partial charge in [0.25, 0.3) is 5.91 Å². The van der Waals surface area contributed by atoms with E-state index in [1.54, 1.807) is 35.1 Å². The predicted octanol–water partition coefficient (Wildman–Crippen LogP) is 4.14. The van der Waals surface area contributed by atoms with Gasteiger partial charge in [0.2, 0.25) is 5.65 Å². The summed E-state index contributed by atoms with van der Waals surface area (Å²) in [5.41, 5.74) is 4.03. The molecule has 0 aliphatic heterocycles. The first-order chi connectivity index (χ1) is 15.1. The zero-order valence-electron chi connectivity index (χ0n) is 17.2. The highest BCUT2D eigenvalue weighted by molar-refractivity contribution is 6.04. The molecular weight excluding hydrogens is 390 g/mol. The van der Waals surface area contributed by atoms with Crippen molar-refractivity contribution in [3.63, 3.8) is 0 Å². The van der Waals surface area contributed by atoms with Crippen molar-refractivity contribution in [2.45, 2.75) is 26.4 Å². The van der Waals surface area contributed by atoms with E-state index in [0.29, 0.717) is 28.3 Å². The molecule has 8 nitrogen and oxygen atoms in total. The molecule has 4 aromatic rings. The Hall–Kier alpha value is -4.25. The topological polar surface area (TPSA) is 109 Å². The molecule has 1 atom stereocenters. The minimum absolute atomic E-state index is 0.0632. The number of nitriles is 1. The number of nitrogens with one attached hydrogen (secondary N) is 2. The van der Waals surface area contributed by atoms with Gasteiger partial charge >= 0.3 is 0 Å². The molecule has 0 aliphatic carbocycles. The van der Waals surface area contributed by atoms with Crippen LogP contribution in [0.5, 0.6) is 0 Å². The molecule has 1 amide bonds. The lowest BCUT2D eigenvalue weighted by Gasteiger charge is -2.16. The van der Waals surface area contributed by atoms with E-state index in [4.69, 9.17) is 5.26 Å². The molecule has 0 aliphatic rings. The van der Waals surface area contributed by atoms with Crippen LogP contribution in [0, 0.1) is 11.3 Å². The summed E-state index contributed by atoms with van der Waals surface area (Å²) in [4.78, 5) is 21.4. The number of amides is 1. The first-order valence-electron chi connectivity index (χ1n) is 9.94. The fourth-order valence-corrected chi connectivity index (χ4v) is 3.17. The van der Waals surface area contributed by atoms with Crippen molar-refractivity contribution in [1.82, 2.24) is 19.7 Å². The highest BCUT2D eigenvalue weighted by Gasteiger charge is 2.11. The molecule has 0 radical (unpaired) electrons. The van der Waals surface area contributed by atoms with Gasteiger partial charge < -0.3 is 10.6 Å². The number of rotatable bonds is 6. The summed E-state index contributed by atoms with van der Waals surface area (Å²) >= 11 is 0. The van der Waals surface area contributed by atoms with E-state index in [1.807, 2.05) is 50.4 Å². The molecule has 0 unspecified atom stereocenters. The van der Waals surface area contributed by atoms with Crippen molar-refractivity contribution in [3.8, 4) is 6.07 Å². The van der Waals surface area contributed by atoms with Gasteiger partial charge in [0, 0.05) is 17.8 Å². The number of aromatic nitrogens is 4. The molecule has 2 aromatic heterocycles. The second-order valence-corrected chi connectivity index (χ2v) is 7.08. The number of carbonyl (C=O) groups excluding carboxylic acids is 1. The number of hydrogen-bond acceptors (Lipinski definition) is 6. The van der Waals surface area contributed by atoms with Crippen LogP contribution < -0.4 is 10.6 Å². The largest absolute Gasteiger partial charge is 0.362 e. The lowest BCUT2D eigenvalue weighted by Crippen LogP contribution is -2.13. The van der Waals surface area contributed by atoms with Crippen molar-refractivity contribution in [3.05, 3.63) is 77.6 Å². The number of carbonyl (C=O) groups is 1. The van der Waals surface area contributed by atoms with Crippen LogP contribution in [-0.4, -0.2) is 25.7 Å². The number of benzene rings is 2. The number of hydrogen-bond donors (Lipinski definition) is 2. The molecular formula is C23H21N7O. The number of fused-ring (bicyclic) bond motifs is 1. The third-order valence-corrected chi connectivity index (χ3v) is 4.88. The van der Waals surface area contributed by atoms with E-state index >= 15 is 0 Å². The van der Waals surface area contributed by atoms with Crippen molar-refractivity contribution >= 4 is 28.6 Å². The maximum absolute atomic E-state index is 12.5. The zero-order valence-corrected chi connectivity index (χ0v) is 17.2. The number of aryl methyl sites for hydroxylation is 1. The van der Waals surface area contributed by atoms with E-state index in [2.05, 4.69) is 25.7 Å². The number of nitrogens with zero attached hydrogens (tertiary/aromatic N) is 5. The second-order valence-electron chi connectivity index (χ2n) is 7.08. The minimum atomic E-state index is -0.231. The first kappa shape index (κ1) is 20.0. The maximum Gasteiger partial charge on any atom is 0.255 e. The van der Waals surface area contributed by atoms with E-state index in [-0.39, 0.29) is 11.9 Å². The highest BCUT2D eigenvalue weighted by Crippen LogP contribution is 2.22. The van der Waals surface area contributed by atoms with Gasteiger partial charge in [-0.25, -0.2) is 9.97 Å². The number of anilines is 2. The van der Waals surface area contributed by atoms with Gasteiger partial charge in [-0.05, 0) is 55.8 Å². The Morgan fingerprint density at radius 3 is 2.77 bits per heavy atom. The van der Waals surface area contributed by atoms with E-state index in [9.17, 15) is 4.79 Å². The third kappa shape index (κ3) is 4.51. The van der Waals surface area contributed by atoms with Crippen LogP contribution in [0.3, 0.4) is 0 Å². The van der Waals surface area contributed by atoms with E-state index < -0.39 is 0 Å². The Bertz CT molecular complexity index is 1270. The van der Waals surface area contributed by atoms with Gasteiger partial charge in [-0.3, -0.25) is 9.48 Å². The monoisotopic (exact) mass is 411 g/mol. The Kier molecular flexibility index (Phi) is 5.58. The SMILES string of the molecule is CCn1cc2ncc(N[C@@H](C)c3cccc(NC(=O)c4ccc(C#N)cc4)c3)nc2n1. The average Bonchev–Trinajstić information content (AvgIpc) is 3.22. The van der Waals surface area contributed by atoms with Crippen LogP contribution in [0.1, 0.15) is 41.4 Å². The van der Waals surface area contributed by atoms with Crippen LogP contribution in [0.15, 0.2) is 60.9 Å². The Morgan fingerprint density at radius 2 is 2.03 bits per heavy atom. The van der Waals surface area contributed by atoms with Crippen molar-refractivity contribution in [2.24, 2.45) is 0 Å². The van der Waals surface area contributed by atoms with Gasteiger partial charge in [-0.15, -0.1) is 0 Å². The third-order valence-electron chi connectivity index (χ3n) is 4.88. The lowest BCUT2D eigenvalue weighted by molar-refractivity contribution is 0.102. The van der Waals surface area contributed by atoms with Crippen molar-refractivity contribution in [2.75, 3.05) is 10.6 Å². The predicted molar refractivity (Wildman–Crippen MR) is 119 cm³/mol. The quantitative estimate of drug-likeness (QED) is 0.493. The zero-order chi connectivity index (χ0) is 21.8. The average molecular weight is 411 g/mol. The van der Waals surface area contributed by atoms with Gasteiger partial charge in [0.1, 0.15) is 11.3 Å². The van der Waals surface area contributed by atoms with Gasteiger partial charge in [0.05, 0.1) is 30.1 Å². The molecule has 0 bridgehead atoms. The summed E-state index contributed by atoms with van der Waals surface area (Å²) in [6.45, 7) is 4.79. The second kappa shape index (κ2) is 8.63. The molecule has 0 spiro atoms. The van der Waals surface area contributed by atoms with Crippen LogP contribution >= 0.6 is 0 Å². The molecule has 2 aromatic carbocycles. The molecule has 154 valence electrons. The van der Waals surface area contributed by atoms with Crippen LogP contribution in [-0.2, 0) is 6.54 Å². The summed E-state index contributed by atoms with van der Waals surface area (Å²) in [6, 6.07) is 16.1. The Labute approximate surface area is 179 Å². The summed E-state index contributed by atoms with van der Waals surface area (Å²) in [5, 5.41) is 19.5. The van der Waals surface area contributed by atoms with E-state index in [0.717, 1.165) is 17.6 Å². The highest BCUT2D eigenvalue weighted by atomic mass is 16.1. The minimum Gasteiger partial charge on any atom is -0.362 e. The first-order valence-corrected chi connectivity index (χ1v) is 9.94. The summed E-state index contributed by atoms with van der Waals surface area (Å²) in [5.74, 6) is 0.401. The fraction of sp³-hybridized carbons (Fsp3) is 0.174. The summed E-state index contributed by atoms with van der Waals surface area (Å²) in [6.07, 6.45) is 3.56. The molecule has 8 heteroatoms. The summed E-state index contributed by atoms with van der Waals surface area (Å²) in [7, 11) is 0. The Morgan fingerprint density at radius 1 is 1.23 bits per heavy atom. The van der Waals surface area contributed by atoms with Crippen LogP contribution in [0.2, 0.25) is 0 Å². The van der Waals surface area contributed by atoms with Gasteiger partial charge in [0.15, 0.2) is 0 Å². The maximum atomic E-state index is 12.5. The smallest absolute Gasteiger partial charge is 0.255 e.